The summed E-state index contributed by atoms with van der Waals surface area (Å²) in [5.74, 6) is -2.90. The first kappa shape index (κ1) is 15.5. The summed E-state index contributed by atoms with van der Waals surface area (Å²) in [7, 11) is 0. The maximum absolute atomic E-state index is 13.3. The van der Waals surface area contributed by atoms with Crippen LogP contribution in [0.15, 0.2) is 18.2 Å². The van der Waals surface area contributed by atoms with Gasteiger partial charge in [-0.15, -0.1) is 0 Å². The van der Waals surface area contributed by atoms with Crippen molar-refractivity contribution < 1.29 is 24.0 Å². The summed E-state index contributed by atoms with van der Waals surface area (Å²) >= 11 is 0. The summed E-state index contributed by atoms with van der Waals surface area (Å²) in [6.07, 6.45) is -0.188. The lowest BCUT2D eigenvalue weighted by Gasteiger charge is -2.09. The zero-order valence-corrected chi connectivity index (χ0v) is 10.6. The highest BCUT2D eigenvalue weighted by Gasteiger charge is 2.16. The molecule has 1 rings (SSSR count). The molecule has 1 unspecified atom stereocenters. The molecule has 0 heterocycles. The molecule has 1 aromatic carbocycles. The van der Waals surface area contributed by atoms with Crippen molar-refractivity contribution in [1.29, 1.82) is 0 Å². The van der Waals surface area contributed by atoms with Crippen molar-refractivity contribution in [3.63, 3.8) is 0 Å². The maximum atomic E-state index is 13.3. The third kappa shape index (κ3) is 4.63. The number of nitro groups is 1. The van der Waals surface area contributed by atoms with Gasteiger partial charge in [0.05, 0.1) is 4.92 Å². The molecule has 1 atom stereocenters. The Kier molecular flexibility index (Phi) is 5.13. The maximum Gasteiger partial charge on any atom is 0.304 e. The van der Waals surface area contributed by atoms with E-state index in [-0.39, 0.29) is 24.4 Å². The number of carboxylic acid groups (broad SMARTS) is 1. The molecule has 0 fully saturated rings. The third-order valence-electron chi connectivity index (χ3n) is 2.49. The summed E-state index contributed by atoms with van der Waals surface area (Å²) < 4.78 is 13.3. The fraction of sp³-hybridized carbons (Fsp3) is 0.333. The largest absolute Gasteiger partial charge is 0.481 e. The van der Waals surface area contributed by atoms with E-state index in [9.17, 15) is 24.1 Å². The molecule has 1 aromatic rings. The molecule has 0 saturated heterocycles. The average Bonchev–Trinajstić information content (AvgIpc) is 2.26. The first-order chi connectivity index (χ1) is 9.29. The minimum atomic E-state index is -1.05. The molecule has 0 aliphatic rings. The molecule has 0 spiro atoms. The minimum Gasteiger partial charge on any atom is -0.481 e. The molecule has 0 aliphatic heterocycles. The van der Waals surface area contributed by atoms with Crippen molar-refractivity contribution in [1.82, 2.24) is 0 Å². The third-order valence-corrected chi connectivity index (χ3v) is 2.49. The highest BCUT2D eigenvalue weighted by atomic mass is 19.1. The van der Waals surface area contributed by atoms with Crippen LogP contribution in [-0.2, 0) is 9.59 Å². The lowest BCUT2D eigenvalue weighted by atomic mass is 10.0. The normalized spacial score (nSPS) is 11.7. The number of hydrogen-bond donors (Lipinski definition) is 2. The number of hydrogen-bond acceptors (Lipinski definition) is 4. The van der Waals surface area contributed by atoms with Crippen LogP contribution in [0.1, 0.15) is 19.8 Å². The predicted octanol–water partition coefficient (Wildman–Crippen LogP) is 2.17. The van der Waals surface area contributed by atoms with Crippen LogP contribution in [-0.4, -0.2) is 21.9 Å². The molecular weight excluding hydrogens is 271 g/mol. The van der Waals surface area contributed by atoms with E-state index in [1.54, 1.807) is 6.92 Å². The van der Waals surface area contributed by atoms with Gasteiger partial charge in [0.2, 0.25) is 11.7 Å². The van der Waals surface area contributed by atoms with Crippen LogP contribution < -0.4 is 5.32 Å². The number of carboxylic acids is 1. The molecule has 0 aliphatic carbocycles. The topological polar surface area (TPSA) is 110 Å². The van der Waals surface area contributed by atoms with Gasteiger partial charge in [0, 0.05) is 30.7 Å². The van der Waals surface area contributed by atoms with Gasteiger partial charge < -0.3 is 10.4 Å². The van der Waals surface area contributed by atoms with Gasteiger partial charge in [0.1, 0.15) is 0 Å². The molecule has 108 valence electrons. The Hall–Kier alpha value is -2.51. The van der Waals surface area contributed by atoms with Crippen molar-refractivity contribution >= 4 is 23.3 Å². The molecule has 2 N–H and O–H groups in total. The first-order valence-corrected chi connectivity index (χ1v) is 5.75. The van der Waals surface area contributed by atoms with E-state index < -0.39 is 28.3 Å². The van der Waals surface area contributed by atoms with E-state index in [4.69, 9.17) is 5.11 Å². The number of nitrogens with one attached hydrogen (secondary N) is 1. The monoisotopic (exact) mass is 284 g/mol. The fourth-order valence-corrected chi connectivity index (χ4v) is 1.63. The number of carbonyl (C=O) groups is 2. The molecular formula is C12H13FN2O5. The van der Waals surface area contributed by atoms with Gasteiger partial charge in [-0.25, -0.2) is 0 Å². The van der Waals surface area contributed by atoms with Gasteiger partial charge in [0.25, 0.3) is 0 Å². The second-order valence-electron chi connectivity index (χ2n) is 4.38. The van der Waals surface area contributed by atoms with Crippen LogP contribution in [0.3, 0.4) is 0 Å². The first-order valence-electron chi connectivity index (χ1n) is 5.75. The standard InChI is InChI=1S/C12H13FN2O5/c1-7(5-12(17)18)4-11(16)14-8-2-3-10(15(19)20)9(13)6-8/h2-3,6-7H,4-5H2,1H3,(H,14,16)(H,17,18). The van der Waals surface area contributed by atoms with Gasteiger partial charge in [-0.3, -0.25) is 19.7 Å². The summed E-state index contributed by atoms with van der Waals surface area (Å²) in [5.41, 5.74) is -0.595. The molecule has 0 saturated carbocycles. The molecule has 0 bridgehead atoms. The van der Waals surface area contributed by atoms with E-state index in [0.717, 1.165) is 12.1 Å². The van der Waals surface area contributed by atoms with Gasteiger partial charge in [-0.05, 0) is 12.0 Å². The van der Waals surface area contributed by atoms with Gasteiger partial charge >= 0.3 is 11.7 Å². The van der Waals surface area contributed by atoms with Crippen LogP contribution >= 0.6 is 0 Å². The average molecular weight is 284 g/mol. The second-order valence-corrected chi connectivity index (χ2v) is 4.38. The molecule has 20 heavy (non-hydrogen) atoms. The molecule has 0 radical (unpaired) electrons. The second kappa shape index (κ2) is 6.60. The lowest BCUT2D eigenvalue weighted by molar-refractivity contribution is -0.387. The number of benzene rings is 1. The Labute approximate surface area is 113 Å². The number of anilines is 1. The van der Waals surface area contributed by atoms with Crippen LogP contribution in [0.25, 0.3) is 0 Å². The molecule has 1 amide bonds. The van der Waals surface area contributed by atoms with Crippen LogP contribution in [0.2, 0.25) is 0 Å². The molecule has 0 aromatic heterocycles. The van der Waals surface area contributed by atoms with Crippen LogP contribution in [0.4, 0.5) is 15.8 Å². The fourth-order valence-electron chi connectivity index (χ4n) is 1.63. The summed E-state index contributed by atoms with van der Waals surface area (Å²) in [6, 6.07) is 3.00. The summed E-state index contributed by atoms with van der Waals surface area (Å²) in [4.78, 5) is 31.6. The minimum absolute atomic E-state index is 0.0368. The van der Waals surface area contributed by atoms with Gasteiger partial charge in [0.15, 0.2) is 0 Å². The van der Waals surface area contributed by atoms with Crippen LogP contribution in [0, 0.1) is 21.8 Å². The SMILES string of the molecule is CC(CC(=O)O)CC(=O)Nc1ccc([N+](=O)[O-])c(F)c1. The van der Waals surface area contributed by atoms with Gasteiger partial charge in [-0.1, -0.05) is 6.92 Å². The Bertz CT molecular complexity index is 547. The Morgan fingerprint density at radius 1 is 1.45 bits per heavy atom. The van der Waals surface area contributed by atoms with E-state index in [1.807, 2.05) is 0 Å². The van der Waals surface area contributed by atoms with E-state index >= 15 is 0 Å². The number of nitro benzene ring substituents is 1. The van der Waals surface area contributed by atoms with Crippen molar-refractivity contribution in [3.8, 4) is 0 Å². The highest BCUT2D eigenvalue weighted by Crippen LogP contribution is 2.21. The lowest BCUT2D eigenvalue weighted by Crippen LogP contribution is -2.17. The number of rotatable bonds is 6. The van der Waals surface area contributed by atoms with E-state index in [2.05, 4.69) is 5.32 Å². The Morgan fingerprint density at radius 3 is 2.60 bits per heavy atom. The number of aliphatic carboxylic acids is 1. The molecule has 8 heteroatoms. The van der Waals surface area contributed by atoms with Crippen LogP contribution in [0.5, 0.6) is 0 Å². The van der Waals surface area contributed by atoms with Crippen molar-refractivity contribution in [3.05, 3.63) is 34.1 Å². The predicted molar refractivity (Wildman–Crippen MR) is 67.7 cm³/mol. The Morgan fingerprint density at radius 2 is 2.10 bits per heavy atom. The van der Waals surface area contributed by atoms with Crippen molar-refractivity contribution in [2.45, 2.75) is 19.8 Å². The van der Waals surface area contributed by atoms with Crippen molar-refractivity contribution in [2.75, 3.05) is 5.32 Å². The number of nitrogens with zero attached hydrogens (tertiary/aromatic N) is 1. The number of amides is 1. The van der Waals surface area contributed by atoms with Gasteiger partial charge in [-0.2, -0.15) is 4.39 Å². The zero-order chi connectivity index (χ0) is 15.3. The summed E-state index contributed by atoms with van der Waals surface area (Å²) in [6.45, 7) is 1.60. The summed E-state index contributed by atoms with van der Waals surface area (Å²) in [5, 5.41) is 21.3. The quantitative estimate of drug-likeness (QED) is 0.614. The molecule has 7 nitrogen and oxygen atoms in total. The zero-order valence-electron chi connectivity index (χ0n) is 10.6. The number of carbonyl (C=O) groups excluding carboxylic acids is 1. The Balaban J connectivity index is 2.65. The smallest absolute Gasteiger partial charge is 0.304 e. The van der Waals surface area contributed by atoms with E-state index in [0.29, 0.717) is 0 Å². The van der Waals surface area contributed by atoms with E-state index in [1.165, 1.54) is 6.07 Å². The number of halogens is 1. The highest BCUT2D eigenvalue weighted by molar-refractivity contribution is 5.91. The van der Waals surface area contributed by atoms with Crippen molar-refractivity contribution in [2.24, 2.45) is 5.92 Å².